The van der Waals surface area contributed by atoms with Crippen LogP contribution in [-0.2, 0) is 6.61 Å². The van der Waals surface area contributed by atoms with Crippen molar-refractivity contribution in [3.63, 3.8) is 0 Å². The Balaban J connectivity index is 1.60. The highest BCUT2D eigenvalue weighted by atomic mass is 19.1. The lowest BCUT2D eigenvalue weighted by atomic mass is 10.2. The molecule has 0 aliphatic heterocycles. The number of halogens is 1. The van der Waals surface area contributed by atoms with E-state index in [2.05, 4.69) is 10.3 Å². The molecular weight excluding hydrogens is 319 g/mol. The van der Waals surface area contributed by atoms with Gasteiger partial charge >= 0.3 is 0 Å². The summed E-state index contributed by atoms with van der Waals surface area (Å²) in [7, 11) is 0. The zero-order valence-electron chi connectivity index (χ0n) is 13.7. The Labute approximate surface area is 145 Å². The van der Waals surface area contributed by atoms with E-state index in [4.69, 9.17) is 4.74 Å². The van der Waals surface area contributed by atoms with Gasteiger partial charge in [0, 0.05) is 18.0 Å². The molecule has 0 aliphatic carbocycles. The number of hydrogen-bond acceptors (Lipinski definition) is 3. The standard InChI is InChI=1S/C20H17FN2O2/c1-14-4-2-7-18(10-14)23-20(24)16-8-9-19(22-12-16)25-13-15-5-3-6-17(21)11-15/h2-12H,13H2,1H3,(H,23,24). The average Bonchev–Trinajstić information content (AvgIpc) is 2.60. The highest BCUT2D eigenvalue weighted by Gasteiger charge is 2.07. The van der Waals surface area contributed by atoms with E-state index in [1.54, 1.807) is 24.3 Å². The summed E-state index contributed by atoms with van der Waals surface area (Å²) in [4.78, 5) is 16.3. The maximum Gasteiger partial charge on any atom is 0.257 e. The Bertz CT molecular complexity index is 879. The molecule has 0 radical (unpaired) electrons. The van der Waals surface area contributed by atoms with Crippen LogP contribution in [0.25, 0.3) is 0 Å². The van der Waals surface area contributed by atoms with Crippen LogP contribution in [0, 0.1) is 12.7 Å². The molecule has 3 rings (SSSR count). The Morgan fingerprint density at radius 2 is 1.96 bits per heavy atom. The maximum atomic E-state index is 13.1. The third kappa shape index (κ3) is 4.64. The van der Waals surface area contributed by atoms with Crippen molar-refractivity contribution in [2.45, 2.75) is 13.5 Å². The van der Waals surface area contributed by atoms with E-state index in [9.17, 15) is 9.18 Å². The first-order valence-corrected chi connectivity index (χ1v) is 7.81. The summed E-state index contributed by atoms with van der Waals surface area (Å²) < 4.78 is 18.6. The van der Waals surface area contributed by atoms with Crippen LogP contribution in [0.4, 0.5) is 10.1 Å². The minimum Gasteiger partial charge on any atom is -0.473 e. The number of aromatic nitrogens is 1. The molecule has 25 heavy (non-hydrogen) atoms. The molecule has 2 aromatic carbocycles. The molecule has 0 unspecified atom stereocenters. The number of hydrogen-bond donors (Lipinski definition) is 1. The van der Waals surface area contributed by atoms with E-state index in [-0.39, 0.29) is 18.3 Å². The number of benzene rings is 2. The van der Waals surface area contributed by atoms with Crippen molar-refractivity contribution >= 4 is 11.6 Å². The topological polar surface area (TPSA) is 51.2 Å². The number of nitrogens with zero attached hydrogens (tertiary/aromatic N) is 1. The maximum absolute atomic E-state index is 13.1. The number of carbonyl (C=O) groups excluding carboxylic acids is 1. The Kier molecular flexibility index (Phi) is 5.04. The molecule has 5 heteroatoms. The van der Waals surface area contributed by atoms with Crippen LogP contribution in [0.15, 0.2) is 66.9 Å². The number of ether oxygens (including phenoxy) is 1. The molecule has 1 aromatic heterocycles. The molecule has 0 aliphatic rings. The van der Waals surface area contributed by atoms with Gasteiger partial charge < -0.3 is 10.1 Å². The van der Waals surface area contributed by atoms with Gasteiger partial charge in [-0.2, -0.15) is 0 Å². The summed E-state index contributed by atoms with van der Waals surface area (Å²) in [6.45, 7) is 2.17. The van der Waals surface area contributed by atoms with Crippen LogP contribution >= 0.6 is 0 Å². The van der Waals surface area contributed by atoms with Gasteiger partial charge in [-0.3, -0.25) is 4.79 Å². The number of amides is 1. The molecule has 0 spiro atoms. The monoisotopic (exact) mass is 336 g/mol. The lowest BCUT2D eigenvalue weighted by Gasteiger charge is -2.08. The highest BCUT2D eigenvalue weighted by Crippen LogP contribution is 2.14. The molecular formula is C20H17FN2O2. The van der Waals surface area contributed by atoms with Crippen LogP contribution in [-0.4, -0.2) is 10.9 Å². The van der Waals surface area contributed by atoms with Gasteiger partial charge in [-0.25, -0.2) is 9.37 Å². The Morgan fingerprint density at radius 1 is 1.12 bits per heavy atom. The predicted molar refractivity (Wildman–Crippen MR) is 94.1 cm³/mol. The van der Waals surface area contributed by atoms with E-state index >= 15 is 0 Å². The molecule has 0 saturated carbocycles. The third-order valence-electron chi connectivity index (χ3n) is 3.55. The van der Waals surface area contributed by atoms with Crippen LogP contribution < -0.4 is 10.1 Å². The first kappa shape index (κ1) is 16.6. The largest absolute Gasteiger partial charge is 0.473 e. The van der Waals surface area contributed by atoms with E-state index in [0.29, 0.717) is 17.0 Å². The Hall–Kier alpha value is -3.21. The molecule has 3 aromatic rings. The highest BCUT2D eigenvalue weighted by molar-refractivity contribution is 6.04. The van der Waals surface area contributed by atoms with Crippen LogP contribution in [0.5, 0.6) is 5.88 Å². The van der Waals surface area contributed by atoms with Crippen LogP contribution in [0.1, 0.15) is 21.5 Å². The fourth-order valence-electron chi connectivity index (χ4n) is 2.31. The van der Waals surface area contributed by atoms with Gasteiger partial charge in [-0.05, 0) is 48.4 Å². The van der Waals surface area contributed by atoms with E-state index in [0.717, 1.165) is 11.3 Å². The van der Waals surface area contributed by atoms with Crippen molar-refractivity contribution in [3.05, 3.63) is 89.4 Å². The number of rotatable bonds is 5. The molecule has 0 atom stereocenters. The molecule has 0 bridgehead atoms. The van der Waals surface area contributed by atoms with Gasteiger partial charge in [-0.1, -0.05) is 24.3 Å². The van der Waals surface area contributed by atoms with Gasteiger partial charge in [-0.15, -0.1) is 0 Å². The zero-order valence-corrected chi connectivity index (χ0v) is 13.7. The van der Waals surface area contributed by atoms with Crippen molar-refractivity contribution < 1.29 is 13.9 Å². The second kappa shape index (κ2) is 7.57. The number of carbonyl (C=O) groups is 1. The summed E-state index contributed by atoms with van der Waals surface area (Å²) in [6, 6.07) is 17.0. The average molecular weight is 336 g/mol. The molecule has 0 fully saturated rings. The fraction of sp³-hybridized carbons (Fsp3) is 0.100. The third-order valence-corrected chi connectivity index (χ3v) is 3.55. The quantitative estimate of drug-likeness (QED) is 0.753. The van der Waals surface area contributed by atoms with Crippen molar-refractivity contribution in [3.8, 4) is 5.88 Å². The van der Waals surface area contributed by atoms with Gasteiger partial charge in [0.2, 0.25) is 5.88 Å². The fourth-order valence-corrected chi connectivity index (χ4v) is 2.31. The summed E-state index contributed by atoms with van der Waals surface area (Å²) >= 11 is 0. The minimum absolute atomic E-state index is 0.208. The van der Waals surface area contributed by atoms with Crippen LogP contribution in [0.2, 0.25) is 0 Å². The molecule has 126 valence electrons. The van der Waals surface area contributed by atoms with Gasteiger partial charge in [0.25, 0.3) is 5.91 Å². The van der Waals surface area contributed by atoms with Gasteiger partial charge in [0.1, 0.15) is 12.4 Å². The van der Waals surface area contributed by atoms with E-state index in [1.165, 1.54) is 18.3 Å². The molecule has 1 amide bonds. The normalized spacial score (nSPS) is 10.3. The first-order chi connectivity index (χ1) is 12.1. The molecule has 1 N–H and O–H groups in total. The van der Waals surface area contributed by atoms with Crippen molar-refractivity contribution in [2.24, 2.45) is 0 Å². The number of pyridine rings is 1. The summed E-state index contributed by atoms with van der Waals surface area (Å²) in [5, 5.41) is 2.82. The smallest absolute Gasteiger partial charge is 0.257 e. The summed E-state index contributed by atoms with van der Waals surface area (Å²) in [6.07, 6.45) is 1.45. The van der Waals surface area contributed by atoms with Crippen LogP contribution in [0.3, 0.4) is 0 Å². The number of nitrogens with one attached hydrogen (secondary N) is 1. The minimum atomic E-state index is -0.308. The second-order valence-corrected chi connectivity index (χ2v) is 5.63. The number of anilines is 1. The zero-order chi connectivity index (χ0) is 17.6. The molecule has 0 saturated heterocycles. The van der Waals surface area contributed by atoms with Gasteiger partial charge in [0.05, 0.1) is 5.56 Å². The second-order valence-electron chi connectivity index (χ2n) is 5.63. The Morgan fingerprint density at radius 3 is 2.68 bits per heavy atom. The summed E-state index contributed by atoms with van der Waals surface area (Å²) in [5.41, 5.74) is 2.94. The van der Waals surface area contributed by atoms with Crippen molar-refractivity contribution in [2.75, 3.05) is 5.32 Å². The van der Waals surface area contributed by atoms with Crippen molar-refractivity contribution in [1.29, 1.82) is 0 Å². The lowest BCUT2D eigenvalue weighted by molar-refractivity contribution is 0.102. The first-order valence-electron chi connectivity index (χ1n) is 7.81. The lowest BCUT2D eigenvalue weighted by Crippen LogP contribution is -2.12. The molecule has 1 heterocycles. The number of aryl methyl sites for hydroxylation is 1. The summed E-state index contributed by atoms with van der Waals surface area (Å²) in [5.74, 6) is -0.177. The van der Waals surface area contributed by atoms with Crippen molar-refractivity contribution in [1.82, 2.24) is 4.98 Å². The predicted octanol–water partition coefficient (Wildman–Crippen LogP) is 4.36. The van der Waals surface area contributed by atoms with Gasteiger partial charge in [0.15, 0.2) is 0 Å². The SMILES string of the molecule is Cc1cccc(NC(=O)c2ccc(OCc3cccc(F)c3)nc2)c1. The van der Waals surface area contributed by atoms with E-state index < -0.39 is 0 Å². The molecule has 4 nitrogen and oxygen atoms in total. The van der Waals surface area contributed by atoms with E-state index in [1.807, 2.05) is 31.2 Å².